The van der Waals surface area contributed by atoms with Crippen molar-refractivity contribution in [2.75, 3.05) is 32.7 Å². The Balaban J connectivity index is 1.16. The van der Waals surface area contributed by atoms with E-state index in [0.717, 1.165) is 68.8 Å². The molecule has 4 heterocycles. The molecule has 0 radical (unpaired) electrons. The number of carboxylic acid groups (broad SMARTS) is 1. The van der Waals surface area contributed by atoms with Gasteiger partial charge in [0.15, 0.2) is 4.96 Å². The normalized spacial score (nSPS) is 24.7. The van der Waals surface area contributed by atoms with Crippen LogP contribution in [0.5, 0.6) is 0 Å². The molecule has 3 atom stereocenters. The topological polar surface area (TPSA) is 61.1 Å². The first-order chi connectivity index (χ1) is 18.4. The Kier molecular flexibility index (Phi) is 7.31. The highest BCUT2D eigenvalue weighted by Crippen LogP contribution is 2.39. The molecule has 6 nitrogen and oxygen atoms in total. The van der Waals surface area contributed by atoms with Crippen molar-refractivity contribution in [2.24, 2.45) is 11.8 Å². The molecule has 2 aliphatic heterocycles. The lowest BCUT2D eigenvalue weighted by atomic mass is 9.80. The number of piperidine rings is 1. The van der Waals surface area contributed by atoms with Gasteiger partial charge in [-0.2, -0.15) is 0 Å². The summed E-state index contributed by atoms with van der Waals surface area (Å²) in [5.41, 5.74) is 3.65. The zero-order valence-electron chi connectivity index (χ0n) is 22.5. The van der Waals surface area contributed by atoms with Crippen molar-refractivity contribution >= 4 is 22.3 Å². The molecule has 204 valence electrons. The summed E-state index contributed by atoms with van der Waals surface area (Å²) in [5, 5.41) is 10.1. The first kappa shape index (κ1) is 26.0. The van der Waals surface area contributed by atoms with Crippen LogP contribution in [0.1, 0.15) is 72.2 Å². The minimum atomic E-state index is -0.706. The number of aromatic nitrogens is 2. The Morgan fingerprint density at radius 1 is 1.18 bits per heavy atom. The molecule has 38 heavy (non-hydrogen) atoms. The minimum absolute atomic E-state index is 0.151. The minimum Gasteiger partial charge on any atom is -0.480 e. The van der Waals surface area contributed by atoms with Gasteiger partial charge in [0, 0.05) is 47.7 Å². The van der Waals surface area contributed by atoms with Crippen LogP contribution in [0.15, 0.2) is 30.5 Å². The number of hydrogen-bond acceptors (Lipinski definition) is 5. The van der Waals surface area contributed by atoms with Crippen LogP contribution in [0.4, 0.5) is 4.39 Å². The number of hydrogen-bond donors (Lipinski definition) is 1. The second-order valence-corrected chi connectivity index (χ2v) is 13.1. The quantitative estimate of drug-likeness (QED) is 0.399. The maximum atomic E-state index is 14.2. The number of benzene rings is 1. The van der Waals surface area contributed by atoms with E-state index in [-0.39, 0.29) is 11.7 Å². The summed E-state index contributed by atoms with van der Waals surface area (Å²) in [6, 6.07) is 6.53. The number of nitrogens with zero attached hydrogens (tertiary/aromatic N) is 4. The summed E-state index contributed by atoms with van der Waals surface area (Å²) >= 11 is 1.77. The molecule has 0 bridgehead atoms. The predicted octanol–water partition coefficient (Wildman–Crippen LogP) is 5.69. The fraction of sp³-hybridized carbons (Fsp3) is 0.600. The van der Waals surface area contributed by atoms with Gasteiger partial charge in [-0.25, -0.2) is 9.37 Å². The number of thiazole rings is 1. The lowest BCUT2D eigenvalue weighted by molar-refractivity contribution is -0.144. The largest absolute Gasteiger partial charge is 0.480 e. The smallest absolute Gasteiger partial charge is 0.320 e. The van der Waals surface area contributed by atoms with Gasteiger partial charge in [-0.05, 0) is 75.7 Å². The maximum Gasteiger partial charge on any atom is 0.320 e. The number of imidazole rings is 1. The van der Waals surface area contributed by atoms with Gasteiger partial charge in [0.05, 0.1) is 6.20 Å². The molecule has 0 amide bonds. The average Bonchev–Trinajstić information content (AvgIpc) is 3.54. The zero-order valence-corrected chi connectivity index (χ0v) is 23.3. The molecule has 1 aliphatic carbocycles. The third-order valence-electron chi connectivity index (χ3n) is 9.60. The highest BCUT2D eigenvalue weighted by atomic mass is 32.1. The third-order valence-corrected chi connectivity index (χ3v) is 10.7. The third kappa shape index (κ3) is 5.03. The number of carboxylic acids is 1. The molecule has 2 saturated heterocycles. The van der Waals surface area contributed by atoms with Gasteiger partial charge in [0.25, 0.3) is 0 Å². The highest BCUT2D eigenvalue weighted by molar-refractivity contribution is 7.17. The van der Waals surface area contributed by atoms with Crippen molar-refractivity contribution < 1.29 is 14.3 Å². The van der Waals surface area contributed by atoms with E-state index in [1.165, 1.54) is 28.8 Å². The van der Waals surface area contributed by atoms with Crippen LogP contribution in [-0.2, 0) is 4.79 Å². The first-order valence-electron chi connectivity index (χ1n) is 14.3. The summed E-state index contributed by atoms with van der Waals surface area (Å²) in [7, 11) is 0. The highest BCUT2D eigenvalue weighted by Gasteiger charge is 2.41. The fourth-order valence-corrected chi connectivity index (χ4v) is 8.02. The van der Waals surface area contributed by atoms with E-state index in [4.69, 9.17) is 0 Å². The molecule has 1 aromatic carbocycles. The molecular formula is C30H39FN4O2S. The lowest BCUT2D eigenvalue weighted by Crippen LogP contribution is -2.43. The molecule has 3 fully saturated rings. The summed E-state index contributed by atoms with van der Waals surface area (Å²) in [6.45, 7) is 8.79. The Hall–Kier alpha value is -2.29. The molecule has 6 rings (SSSR count). The maximum absolute atomic E-state index is 14.2. The molecule has 1 saturated carbocycles. The van der Waals surface area contributed by atoms with E-state index in [0.29, 0.717) is 24.3 Å². The van der Waals surface area contributed by atoms with E-state index in [2.05, 4.69) is 39.2 Å². The number of aliphatic carboxylic acids is 1. The van der Waals surface area contributed by atoms with Gasteiger partial charge >= 0.3 is 5.97 Å². The van der Waals surface area contributed by atoms with Crippen LogP contribution >= 0.6 is 11.3 Å². The number of likely N-dealkylation sites (tertiary alicyclic amines) is 2. The van der Waals surface area contributed by atoms with Gasteiger partial charge < -0.3 is 10.0 Å². The van der Waals surface area contributed by atoms with Gasteiger partial charge in [-0.1, -0.05) is 31.4 Å². The Morgan fingerprint density at radius 2 is 1.97 bits per heavy atom. The second-order valence-electron chi connectivity index (χ2n) is 11.9. The monoisotopic (exact) mass is 538 g/mol. The van der Waals surface area contributed by atoms with Crippen molar-refractivity contribution in [2.45, 2.75) is 70.3 Å². The molecular weight excluding hydrogens is 499 g/mol. The van der Waals surface area contributed by atoms with Gasteiger partial charge in [0.2, 0.25) is 0 Å². The van der Waals surface area contributed by atoms with Crippen LogP contribution in [0, 0.1) is 31.5 Å². The molecule has 2 unspecified atom stereocenters. The standard InChI is InChI=1S/C30H39FN4O2S/c1-19-20(2)38-30-32-15-28(35(19)30)22-9-11-33(12-10-22)16-24-17-34(27(29(36)37)13-21-5-3-6-21)18-26(24)23-7-4-8-25(31)14-23/h4,7-8,14-15,21-22,24,26-27H,3,5-6,9-13,16-18H2,1-2H3,(H,36,37)/t24-,26?,27?/m0/s1. The van der Waals surface area contributed by atoms with E-state index in [1.54, 1.807) is 23.5 Å². The van der Waals surface area contributed by atoms with E-state index < -0.39 is 12.0 Å². The van der Waals surface area contributed by atoms with Gasteiger partial charge in [-0.3, -0.25) is 14.1 Å². The number of fused-ring (bicyclic) bond motifs is 1. The van der Waals surface area contributed by atoms with Crippen molar-refractivity contribution in [3.8, 4) is 0 Å². The SMILES string of the molecule is Cc1sc2ncc(C3CCN(C[C@H]4CN(C(CC5CCC5)C(=O)O)CC4c4cccc(F)c4)CC3)n2c1C. The predicted molar refractivity (Wildman–Crippen MR) is 149 cm³/mol. The van der Waals surface area contributed by atoms with Crippen LogP contribution in [0.25, 0.3) is 4.96 Å². The molecule has 0 spiro atoms. The molecule has 8 heteroatoms. The summed E-state index contributed by atoms with van der Waals surface area (Å²) in [6.07, 6.45) is 8.53. The van der Waals surface area contributed by atoms with Crippen molar-refractivity contribution in [3.05, 3.63) is 58.1 Å². The summed E-state index contributed by atoms with van der Waals surface area (Å²) in [4.78, 5) is 24.2. The number of halogens is 1. The lowest BCUT2D eigenvalue weighted by Gasteiger charge is -2.35. The number of rotatable bonds is 8. The van der Waals surface area contributed by atoms with E-state index >= 15 is 0 Å². The Morgan fingerprint density at radius 3 is 2.66 bits per heavy atom. The fourth-order valence-electron chi connectivity index (χ4n) is 7.06. The summed E-state index contributed by atoms with van der Waals surface area (Å²) in [5.74, 6) is 0.565. The zero-order chi connectivity index (χ0) is 26.4. The second kappa shape index (κ2) is 10.7. The van der Waals surface area contributed by atoms with Crippen LogP contribution in [-0.4, -0.2) is 69.0 Å². The molecule has 3 aromatic rings. The number of carbonyl (C=O) groups is 1. The van der Waals surface area contributed by atoms with Gasteiger partial charge in [-0.15, -0.1) is 11.3 Å². The van der Waals surface area contributed by atoms with Crippen molar-refractivity contribution in [3.63, 3.8) is 0 Å². The van der Waals surface area contributed by atoms with Crippen molar-refractivity contribution in [1.82, 2.24) is 19.2 Å². The van der Waals surface area contributed by atoms with E-state index in [1.807, 2.05) is 6.07 Å². The van der Waals surface area contributed by atoms with Crippen molar-refractivity contribution in [1.29, 1.82) is 0 Å². The molecule has 3 aliphatic rings. The van der Waals surface area contributed by atoms with Gasteiger partial charge in [0.1, 0.15) is 11.9 Å². The molecule has 1 N–H and O–H groups in total. The number of aryl methyl sites for hydroxylation is 2. The first-order valence-corrected chi connectivity index (χ1v) is 15.1. The van der Waals surface area contributed by atoms with E-state index in [9.17, 15) is 14.3 Å². The Bertz CT molecular complexity index is 1290. The average molecular weight is 539 g/mol. The van der Waals surface area contributed by atoms with Crippen LogP contribution in [0.2, 0.25) is 0 Å². The molecule has 2 aromatic heterocycles. The summed E-state index contributed by atoms with van der Waals surface area (Å²) < 4.78 is 16.6. The van der Waals surface area contributed by atoms with Crippen LogP contribution in [0.3, 0.4) is 0 Å². The van der Waals surface area contributed by atoms with Crippen LogP contribution < -0.4 is 0 Å². The Labute approximate surface area is 228 Å².